The lowest BCUT2D eigenvalue weighted by Gasteiger charge is -2.34. The fourth-order valence-corrected chi connectivity index (χ4v) is 10.8. The lowest BCUT2D eigenvalue weighted by molar-refractivity contribution is 0.667. The topological polar surface area (TPSA) is 29.5 Å². The van der Waals surface area contributed by atoms with Crippen LogP contribution in [0, 0.1) is 0 Å². The second-order valence-corrected chi connectivity index (χ2v) is 15.9. The van der Waals surface area contributed by atoms with E-state index in [-0.39, 0.29) is 6.04 Å². The molecule has 1 aliphatic heterocycles. The van der Waals surface area contributed by atoms with Gasteiger partial charge in [-0.05, 0) is 83.5 Å². The molecule has 2 aliphatic carbocycles. The van der Waals surface area contributed by atoms with E-state index in [9.17, 15) is 0 Å². The second-order valence-electron chi connectivity index (χ2n) is 13.9. The number of benzene rings is 6. The van der Waals surface area contributed by atoms with Gasteiger partial charge in [-0.3, -0.25) is 0 Å². The normalized spacial score (nSPS) is 16.9. The number of allylic oxidation sites excluding steroid dienone is 3. The molecule has 0 bridgehead atoms. The maximum Gasteiger partial charge on any atom is 0.143 e. The molecule has 0 amide bonds. The van der Waals surface area contributed by atoms with Crippen LogP contribution in [0.3, 0.4) is 0 Å². The summed E-state index contributed by atoms with van der Waals surface area (Å²) < 4.78 is 12.9. The molecule has 50 heavy (non-hydrogen) atoms. The quantitative estimate of drug-likeness (QED) is 0.176. The number of fused-ring (bicyclic) bond motifs is 10. The van der Waals surface area contributed by atoms with E-state index < -0.39 is 9.52 Å². The van der Waals surface area contributed by atoms with Gasteiger partial charge in [-0.15, -0.1) is 0 Å². The van der Waals surface area contributed by atoms with Gasteiger partial charge in [0.1, 0.15) is 22.3 Å². The van der Waals surface area contributed by atoms with Gasteiger partial charge in [0.05, 0.1) is 15.6 Å². The Morgan fingerprint density at radius 1 is 0.620 bits per heavy atom. The summed E-state index contributed by atoms with van der Waals surface area (Å²) in [4.78, 5) is 2.52. The van der Waals surface area contributed by atoms with Crippen molar-refractivity contribution in [1.82, 2.24) is 0 Å². The molecule has 1 unspecified atom stereocenters. The Bertz CT molecular complexity index is 2780. The number of hydrogen-bond acceptors (Lipinski definition) is 3. The molecule has 0 saturated heterocycles. The Hall–Kier alpha value is -5.84. The lowest BCUT2D eigenvalue weighted by atomic mass is 9.93. The van der Waals surface area contributed by atoms with Gasteiger partial charge < -0.3 is 13.7 Å². The van der Waals surface area contributed by atoms with Crippen molar-refractivity contribution in [2.75, 3.05) is 4.90 Å². The van der Waals surface area contributed by atoms with Crippen LogP contribution in [-0.2, 0) is 6.42 Å². The molecular formula is C46H33NO2Si. The van der Waals surface area contributed by atoms with Crippen molar-refractivity contribution >= 4 is 81.6 Å². The molecule has 238 valence electrons. The molecule has 3 nitrogen and oxygen atoms in total. The summed E-state index contributed by atoms with van der Waals surface area (Å²) in [6.07, 6.45) is 12.5. The molecule has 0 fully saturated rings. The van der Waals surface area contributed by atoms with Crippen LogP contribution in [-0.4, -0.2) is 15.6 Å². The van der Waals surface area contributed by atoms with Crippen molar-refractivity contribution in [3.63, 3.8) is 0 Å². The first-order chi connectivity index (χ1) is 24.7. The van der Waals surface area contributed by atoms with Crippen molar-refractivity contribution < 1.29 is 8.83 Å². The van der Waals surface area contributed by atoms with Crippen molar-refractivity contribution in [3.8, 4) is 11.1 Å². The number of furan rings is 2. The van der Waals surface area contributed by atoms with Crippen LogP contribution < -0.4 is 10.1 Å². The number of anilines is 2. The van der Waals surface area contributed by atoms with Crippen molar-refractivity contribution in [1.29, 1.82) is 0 Å². The predicted octanol–water partition coefficient (Wildman–Crippen LogP) is 10.8. The van der Waals surface area contributed by atoms with Gasteiger partial charge in [0.15, 0.2) is 0 Å². The number of aryl methyl sites for hydroxylation is 1. The Morgan fingerprint density at radius 3 is 2.24 bits per heavy atom. The molecule has 3 heterocycles. The molecule has 0 radical (unpaired) electrons. The predicted molar refractivity (Wildman–Crippen MR) is 211 cm³/mol. The molecule has 3 aliphatic rings. The number of rotatable bonds is 4. The molecular weight excluding hydrogens is 627 g/mol. The highest BCUT2D eigenvalue weighted by atomic mass is 28.2. The summed E-state index contributed by atoms with van der Waals surface area (Å²) in [6.45, 7) is 0. The Balaban J connectivity index is 0.998. The molecule has 11 rings (SSSR count). The van der Waals surface area contributed by atoms with E-state index in [0.717, 1.165) is 58.1 Å². The molecule has 8 aromatic rings. The number of nitrogens with zero attached hydrogens (tertiary/aromatic N) is 1. The van der Waals surface area contributed by atoms with Gasteiger partial charge >= 0.3 is 0 Å². The standard InChI is InChI=1S/C46H33NO2Si/c1-2-8-30-25-31(14-13-28(30)7-1)29-15-17-32(18-16-29)47(33-19-21-37-35-9-3-5-11-40(35)48-42(37)26-33)34-20-22-39-44(27-34)50-43-24-23-38-36-10-4-6-12-41(36)49-46(38)45(39)43/h1,3-7,9-26,34H,2,8,27,50H2. The lowest BCUT2D eigenvalue weighted by Crippen LogP contribution is -2.32. The van der Waals surface area contributed by atoms with Crippen molar-refractivity contribution in [2.24, 2.45) is 0 Å². The van der Waals surface area contributed by atoms with Crippen LogP contribution >= 0.6 is 0 Å². The summed E-state index contributed by atoms with van der Waals surface area (Å²) in [6, 6.07) is 44.4. The minimum absolute atomic E-state index is 0.171. The van der Waals surface area contributed by atoms with Gasteiger partial charge in [0.2, 0.25) is 0 Å². The molecule has 1 atom stereocenters. The highest BCUT2D eigenvalue weighted by molar-refractivity contribution is 6.67. The molecule has 0 N–H and O–H groups in total. The first-order valence-electron chi connectivity index (χ1n) is 17.7. The highest BCUT2D eigenvalue weighted by Crippen LogP contribution is 2.43. The fourth-order valence-electron chi connectivity index (χ4n) is 8.69. The Morgan fingerprint density at radius 2 is 1.36 bits per heavy atom. The summed E-state index contributed by atoms with van der Waals surface area (Å²) >= 11 is 0. The first kappa shape index (κ1) is 28.0. The Labute approximate surface area is 292 Å². The fraction of sp³-hybridized carbons (Fsp3) is 0.0870. The SMILES string of the molecule is C1=Cc2ccc(-c3ccc(N(c4ccc5c(c4)oc4ccccc45)C4C=CC5=C(C4)[SiH2]c4ccc6c(oc7ccccc76)c45)cc3)cc2CC1. The number of para-hydroxylation sites is 2. The monoisotopic (exact) mass is 659 g/mol. The smallest absolute Gasteiger partial charge is 0.143 e. The van der Waals surface area contributed by atoms with Gasteiger partial charge in [-0.1, -0.05) is 114 Å². The van der Waals surface area contributed by atoms with Crippen molar-refractivity contribution in [3.05, 3.63) is 161 Å². The van der Waals surface area contributed by atoms with Crippen LogP contribution in [0.25, 0.3) is 66.7 Å². The third-order valence-corrected chi connectivity index (χ3v) is 13.2. The minimum atomic E-state index is -0.630. The van der Waals surface area contributed by atoms with Crippen LogP contribution in [0.5, 0.6) is 0 Å². The van der Waals surface area contributed by atoms with Gasteiger partial charge in [0.25, 0.3) is 0 Å². The van der Waals surface area contributed by atoms with Gasteiger partial charge in [-0.2, -0.15) is 0 Å². The maximum atomic E-state index is 6.53. The van der Waals surface area contributed by atoms with Gasteiger partial charge in [0, 0.05) is 44.5 Å². The summed E-state index contributed by atoms with van der Waals surface area (Å²) in [5.74, 6) is 0. The summed E-state index contributed by atoms with van der Waals surface area (Å²) in [7, 11) is -0.630. The van der Waals surface area contributed by atoms with E-state index in [0.29, 0.717) is 0 Å². The van der Waals surface area contributed by atoms with Crippen LogP contribution in [0.4, 0.5) is 11.4 Å². The number of hydrogen-bond donors (Lipinski definition) is 0. The maximum absolute atomic E-state index is 6.53. The molecule has 0 spiro atoms. The Kier molecular flexibility index (Phi) is 6.07. The zero-order chi connectivity index (χ0) is 32.8. The average molecular weight is 660 g/mol. The average Bonchev–Trinajstić information content (AvgIpc) is 3.85. The van der Waals surface area contributed by atoms with Crippen molar-refractivity contribution in [2.45, 2.75) is 25.3 Å². The first-order valence-corrected chi connectivity index (χ1v) is 19.1. The highest BCUT2D eigenvalue weighted by Gasteiger charge is 2.31. The zero-order valence-electron chi connectivity index (χ0n) is 27.5. The second kappa shape index (κ2) is 10.8. The van der Waals surface area contributed by atoms with Crippen LogP contribution in [0.15, 0.2) is 154 Å². The van der Waals surface area contributed by atoms with Gasteiger partial charge in [-0.25, -0.2) is 0 Å². The molecule has 2 aromatic heterocycles. The third kappa shape index (κ3) is 4.28. The van der Waals surface area contributed by atoms with E-state index in [1.54, 1.807) is 5.20 Å². The van der Waals surface area contributed by atoms with E-state index >= 15 is 0 Å². The molecule has 0 saturated carbocycles. The molecule has 4 heteroatoms. The summed E-state index contributed by atoms with van der Waals surface area (Å²) in [5.41, 5.74) is 14.2. The van der Waals surface area contributed by atoms with Crippen LogP contribution in [0.1, 0.15) is 29.5 Å². The van der Waals surface area contributed by atoms with E-state index in [1.165, 1.54) is 55.0 Å². The van der Waals surface area contributed by atoms with Crippen LogP contribution in [0.2, 0.25) is 0 Å². The third-order valence-electron chi connectivity index (χ3n) is 11.1. The summed E-state index contributed by atoms with van der Waals surface area (Å²) in [5, 5.41) is 7.82. The van der Waals surface area contributed by atoms with E-state index in [2.05, 4.69) is 144 Å². The largest absolute Gasteiger partial charge is 0.456 e. The minimum Gasteiger partial charge on any atom is -0.456 e. The van der Waals surface area contributed by atoms with E-state index in [1.807, 2.05) is 6.07 Å². The zero-order valence-corrected chi connectivity index (χ0v) is 28.9. The molecule has 6 aromatic carbocycles. The van der Waals surface area contributed by atoms with E-state index in [4.69, 9.17) is 8.83 Å².